The van der Waals surface area contributed by atoms with E-state index < -0.39 is 10.0 Å². The lowest BCUT2D eigenvalue weighted by Crippen LogP contribution is -2.23. The molecule has 0 unspecified atom stereocenters. The van der Waals surface area contributed by atoms with Gasteiger partial charge in [0.25, 0.3) is 0 Å². The number of benzene rings is 2. The molecule has 0 fully saturated rings. The summed E-state index contributed by atoms with van der Waals surface area (Å²) in [5.41, 5.74) is 12.0. The van der Waals surface area contributed by atoms with Crippen molar-refractivity contribution in [2.45, 2.75) is 13.0 Å². The highest BCUT2D eigenvalue weighted by molar-refractivity contribution is 7.92. The Morgan fingerprint density at radius 1 is 1.19 bits per heavy atom. The van der Waals surface area contributed by atoms with Gasteiger partial charge in [-0.2, -0.15) is 5.10 Å². The number of sulfonamides is 1. The first-order valence-electron chi connectivity index (χ1n) is 11.1. The number of methoxy groups -OCH3 is 1. The second-order valence-corrected chi connectivity index (χ2v) is 10.3. The average molecular weight is 504 g/mol. The van der Waals surface area contributed by atoms with Crippen LogP contribution in [0.1, 0.15) is 24.1 Å². The summed E-state index contributed by atoms with van der Waals surface area (Å²) in [6.07, 6.45) is 4.54. The Hall–Kier alpha value is -4.38. The third kappa shape index (κ3) is 4.13. The molecule has 1 atom stereocenters. The van der Waals surface area contributed by atoms with Gasteiger partial charge in [0.15, 0.2) is 5.65 Å². The van der Waals surface area contributed by atoms with Crippen LogP contribution in [-0.2, 0) is 10.0 Å². The molecule has 11 heteroatoms. The molecule has 0 radical (unpaired) electrons. The molecule has 4 N–H and O–H groups in total. The molecule has 10 nitrogen and oxygen atoms in total. The smallest absolute Gasteiger partial charge is 0.229 e. The molecule has 184 valence electrons. The van der Waals surface area contributed by atoms with Crippen molar-refractivity contribution in [3.8, 4) is 17.0 Å². The number of aromatic nitrogens is 4. The molecular weight excluding hydrogens is 478 g/mol. The number of nitrogens with two attached hydrogens (primary N) is 1. The maximum absolute atomic E-state index is 11.9. The van der Waals surface area contributed by atoms with Gasteiger partial charge < -0.3 is 15.8 Å². The zero-order valence-electron chi connectivity index (χ0n) is 20.0. The lowest BCUT2D eigenvalue weighted by molar-refractivity contribution is 0.417. The molecule has 36 heavy (non-hydrogen) atoms. The predicted octanol–water partition coefficient (Wildman–Crippen LogP) is 3.63. The molecule has 4 aromatic rings. The molecule has 5 rings (SSSR count). The van der Waals surface area contributed by atoms with Gasteiger partial charge in [0, 0.05) is 22.5 Å². The van der Waals surface area contributed by atoms with E-state index in [4.69, 9.17) is 15.6 Å². The van der Waals surface area contributed by atoms with Gasteiger partial charge in [-0.1, -0.05) is 30.8 Å². The van der Waals surface area contributed by atoms with Crippen molar-refractivity contribution in [3.63, 3.8) is 0 Å². The van der Waals surface area contributed by atoms with Crippen LogP contribution in [0.2, 0.25) is 0 Å². The quantitative estimate of drug-likeness (QED) is 0.363. The van der Waals surface area contributed by atoms with Gasteiger partial charge >= 0.3 is 0 Å². The van der Waals surface area contributed by atoms with Gasteiger partial charge in [0.2, 0.25) is 10.0 Å². The number of nitrogen functional groups attached to an aromatic ring is 1. The van der Waals surface area contributed by atoms with Gasteiger partial charge in [-0.15, -0.1) is 0 Å². The molecular formula is C25H25N7O3S. The Morgan fingerprint density at radius 2 is 1.97 bits per heavy atom. The number of allylic oxidation sites excluding steroid dienone is 1. The minimum atomic E-state index is -3.54. The van der Waals surface area contributed by atoms with Gasteiger partial charge in [0.1, 0.15) is 23.6 Å². The van der Waals surface area contributed by atoms with E-state index >= 15 is 0 Å². The molecule has 3 heterocycles. The van der Waals surface area contributed by atoms with Gasteiger partial charge in [-0.25, -0.2) is 23.1 Å². The van der Waals surface area contributed by atoms with Crippen LogP contribution >= 0.6 is 0 Å². The summed E-state index contributed by atoms with van der Waals surface area (Å²) >= 11 is 0. The Morgan fingerprint density at radius 3 is 2.72 bits per heavy atom. The summed E-state index contributed by atoms with van der Waals surface area (Å²) in [5, 5.41) is 8.83. The number of fused-ring (bicyclic) bond motifs is 2. The maximum Gasteiger partial charge on any atom is 0.229 e. The molecule has 1 aliphatic heterocycles. The minimum Gasteiger partial charge on any atom is -0.495 e. The number of rotatable bonds is 6. The lowest BCUT2D eigenvalue weighted by Gasteiger charge is -2.25. The number of nitrogens with one attached hydrogen (secondary N) is 2. The van der Waals surface area contributed by atoms with Crippen LogP contribution in [0.25, 0.3) is 34.1 Å². The molecule has 0 aliphatic carbocycles. The van der Waals surface area contributed by atoms with Crippen molar-refractivity contribution < 1.29 is 13.2 Å². The first-order valence-corrected chi connectivity index (χ1v) is 13.0. The van der Waals surface area contributed by atoms with Crippen molar-refractivity contribution in [2.24, 2.45) is 0 Å². The summed E-state index contributed by atoms with van der Waals surface area (Å²) in [7, 11) is -2.07. The Kier molecular flexibility index (Phi) is 5.64. The minimum absolute atomic E-state index is 0.257. The second kappa shape index (κ2) is 8.68. The SMILES string of the molecule is C=C1NC([C@@H](C)n2nc(-c3ccc(OC)c(NS(C)(=O)=O)c3)c3c(N)ncnc32)=Cc2ccccc21. The van der Waals surface area contributed by atoms with Crippen LogP contribution in [0.15, 0.2) is 61.1 Å². The first-order chi connectivity index (χ1) is 17.2. The Balaban J connectivity index is 1.66. The van der Waals surface area contributed by atoms with Gasteiger partial charge in [-0.05, 0) is 36.8 Å². The van der Waals surface area contributed by atoms with Crippen LogP contribution in [0, 0.1) is 0 Å². The summed E-state index contributed by atoms with van der Waals surface area (Å²) in [5.74, 6) is 0.640. The Bertz CT molecular complexity index is 1660. The highest BCUT2D eigenvalue weighted by Crippen LogP contribution is 2.37. The third-order valence-corrected chi connectivity index (χ3v) is 6.59. The molecule has 2 aromatic carbocycles. The monoisotopic (exact) mass is 503 g/mol. The van der Waals surface area contributed by atoms with Crippen LogP contribution in [0.3, 0.4) is 0 Å². The van der Waals surface area contributed by atoms with E-state index in [1.54, 1.807) is 22.9 Å². The van der Waals surface area contributed by atoms with E-state index in [0.29, 0.717) is 28.0 Å². The standard InChI is InChI=1S/C25H25N7O3S/c1-14-18-8-6-5-7-16(18)11-19(29-14)15(2)32-25-22(24(26)27-13-28-25)23(30-32)17-9-10-21(35-3)20(12-17)31-36(4,33)34/h5-13,15,29,31H,1H2,2-4H3,(H2,26,27,28)/t15-/m1/s1. The summed E-state index contributed by atoms with van der Waals surface area (Å²) in [6, 6.07) is 12.9. The van der Waals surface area contributed by atoms with Crippen molar-refractivity contribution in [3.05, 3.63) is 72.2 Å². The molecule has 1 aliphatic rings. The molecule has 0 saturated heterocycles. The number of anilines is 2. The summed E-state index contributed by atoms with van der Waals surface area (Å²) in [6.45, 7) is 6.17. The predicted molar refractivity (Wildman–Crippen MR) is 141 cm³/mol. The summed E-state index contributed by atoms with van der Waals surface area (Å²) < 4.78 is 33.4. The van der Waals surface area contributed by atoms with Crippen molar-refractivity contribution in [2.75, 3.05) is 23.8 Å². The van der Waals surface area contributed by atoms with E-state index in [0.717, 1.165) is 28.8 Å². The van der Waals surface area contributed by atoms with Crippen molar-refractivity contribution >= 4 is 44.3 Å². The fourth-order valence-electron chi connectivity index (χ4n) is 4.30. The molecule has 0 saturated carbocycles. The van der Waals surface area contributed by atoms with Crippen LogP contribution in [0.5, 0.6) is 5.75 Å². The van der Waals surface area contributed by atoms with Crippen molar-refractivity contribution in [1.29, 1.82) is 0 Å². The van der Waals surface area contributed by atoms with E-state index in [1.807, 2.05) is 31.2 Å². The zero-order chi connectivity index (χ0) is 25.6. The zero-order valence-corrected chi connectivity index (χ0v) is 20.8. The van der Waals surface area contributed by atoms with E-state index in [1.165, 1.54) is 13.4 Å². The molecule has 0 amide bonds. The molecule has 0 spiro atoms. The third-order valence-electron chi connectivity index (χ3n) is 6.00. The topological polar surface area (TPSA) is 137 Å². The van der Waals surface area contributed by atoms with Crippen LogP contribution in [0.4, 0.5) is 11.5 Å². The van der Waals surface area contributed by atoms with Gasteiger partial charge in [-0.3, -0.25) is 4.72 Å². The highest BCUT2D eigenvalue weighted by Gasteiger charge is 2.25. The summed E-state index contributed by atoms with van der Waals surface area (Å²) in [4.78, 5) is 8.65. The van der Waals surface area contributed by atoms with Gasteiger partial charge in [0.05, 0.1) is 30.5 Å². The number of ether oxygens (including phenoxy) is 1. The molecule has 0 bridgehead atoms. The van der Waals surface area contributed by atoms with Crippen LogP contribution < -0.4 is 20.5 Å². The maximum atomic E-state index is 11.9. The first kappa shape index (κ1) is 23.4. The van der Waals surface area contributed by atoms with Crippen molar-refractivity contribution in [1.82, 2.24) is 25.1 Å². The molecule has 2 aromatic heterocycles. The average Bonchev–Trinajstić information content (AvgIpc) is 3.23. The number of hydrogen-bond donors (Lipinski definition) is 3. The largest absolute Gasteiger partial charge is 0.495 e. The lowest BCUT2D eigenvalue weighted by atomic mass is 9.98. The van der Waals surface area contributed by atoms with Crippen LogP contribution in [-0.4, -0.2) is 41.5 Å². The number of hydrogen-bond acceptors (Lipinski definition) is 8. The highest BCUT2D eigenvalue weighted by atomic mass is 32.2. The second-order valence-electron chi connectivity index (χ2n) is 8.51. The van der Waals surface area contributed by atoms with E-state index in [2.05, 4.69) is 32.7 Å². The van der Waals surface area contributed by atoms with E-state index in [9.17, 15) is 8.42 Å². The fraction of sp³-hybridized carbons (Fsp3) is 0.160. The normalized spacial score (nSPS) is 14.1. The fourth-order valence-corrected chi connectivity index (χ4v) is 4.86. The van der Waals surface area contributed by atoms with E-state index in [-0.39, 0.29) is 17.5 Å². The number of nitrogens with zero attached hydrogens (tertiary/aromatic N) is 4. The Labute approximate surface area is 208 Å².